The Morgan fingerprint density at radius 1 is 1.22 bits per heavy atom. The first-order valence-corrected chi connectivity index (χ1v) is 11.2. The lowest BCUT2D eigenvalue weighted by Crippen LogP contribution is -2.40. The molecule has 27 heavy (non-hydrogen) atoms. The van der Waals surface area contributed by atoms with Crippen molar-refractivity contribution in [1.29, 1.82) is 0 Å². The fourth-order valence-electron chi connectivity index (χ4n) is 3.86. The van der Waals surface area contributed by atoms with Gasteiger partial charge in [-0.25, -0.2) is 13.6 Å². The number of nitrogens with two attached hydrogens (primary N) is 1. The SMILES string of the molecule is NS(=O)(=O)c1ccc(Br)c(C(=O)N2CCCC(c3nnc4n3CCC4)C2)c1. The lowest BCUT2D eigenvalue weighted by molar-refractivity contribution is 0.0702. The molecule has 4 rings (SSSR count). The summed E-state index contributed by atoms with van der Waals surface area (Å²) < 4.78 is 26.0. The number of amides is 1. The van der Waals surface area contributed by atoms with Gasteiger partial charge in [-0.15, -0.1) is 10.2 Å². The Morgan fingerprint density at radius 2 is 2.04 bits per heavy atom. The largest absolute Gasteiger partial charge is 0.338 e. The normalized spacial score (nSPS) is 19.9. The molecule has 3 heterocycles. The van der Waals surface area contributed by atoms with E-state index in [0.717, 1.165) is 43.9 Å². The van der Waals surface area contributed by atoms with Crippen LogP contribution in [0.15, 0.2) is 27.6 Å². The number of rotatable bonds is 3. The van der Waals surface area contributed by atoms with E-state index in [-0.39, 0.29) is 16.7 Å². The molecule has 0 aliphatic carbocycles. The van der Waals surface area contributed by atoms with Crippen molar-refractivity contribution in [2.75, 3.05) is 13.1 Å². The first kappa shape index (κ1) is 18.6. The highest BCUT2D eigenvalue weighted by molar-refractivity contribution is 9.10. The van der Waals surface area contributed by atoms with Gasteiger partial charge in [-0.3, -0.25) is 4.79 Å². The van der Waals surface area contributed by atoms with Crippen molar-refractivity contribution in [3.05, 3.63) is 39.9 Å². The van der Waals surface area contributed by atoms with Gasteiger partial charge >= 0.3 is 0 Å². The molecule has 144 valence electrons. The predicted molar refractivity (Wildman–Crippen MR) is 102 cm³/mol. The third-order valence-electron chi connectivity index (χ3n) is 5.21. The third-order valence-corrected chi connectivity index (χ3v) is 6.81. The molecule has 0 saturated carbocycles. The van der Waals surface area contributed by atoms with Crippen LogP contribution in [0.1, 0.15) is 47.2 Å². The average Bonchev–Trinajstić information content (AvgIpc) is 3.24. The summed E-state index contributed by atoms with van der Waals surface area (Å²) in [7, 11) is -3.87. The van der Waals surface area contributed by atoms with Crippen LogP contribution in [-0.2, 0) is 23.0 Å². The first-order valence-electron chi connectivity index (χ1n) is 8.88. The van der Waals surface area contributed by atoms with Crippen LogP contribution in [0.2, 0.25) is 0 Å². The maximum absolute atomic E-state index is 13.1. The van der Waals surface area contributed by atoms with E-state index in [1.807, 2.05) is 0 Å². The Labute approximate surface area is 165 Å². The van der Waals surface area contributed by atoms with Gasteiger partial charge in [-0.2, -0.15) is 0 Å². The Bertz CT molecular complexity index is 1000. The molecule has 1 saturated heterocycles. The predicted octanol–water partition coefficient (Wildman–Crippen LogP) is 1.65. The fourth-order valence-corrected chi connectivity index (χ4v) is 4.82. The highest BCUT2D eigenvalue weighted by atomic mass is 79.9. The summed E-state index contributed by atoms with van der Waals surface area (Å²) in [5, 5.41) is 13.8. The Hall–Kier alpha value is -1.78. The lowest BCUT2D eigenvalue weighted by Gasteiger charge is -2.32. The zero-order valence-electron chi connectivity index (χ0n) is 14.6. The number of halogens is 1. The molecule has 1 unspecified atom stereocenters. The first-order chi connectivity index (χ1) is 12.8. The van der Waals surface area contributed by atoms with Crippen molar-refractivity contribution in [2.45, 2.75) is 43.0 Å². The van der Waals surface area contributed by atoms with E-state index in [9.17, 15) is 13.2 Å². The van der Waals surface area contributed by atoms with E-state index in [0.29, 0.717) is 23.1 Å². The molecular formula is C17H20BrN5O3S. The number of piperidine rings is 1. The smallest absolute Gasteiger partial charge is 0.255 e. The van der Waals surface area contributed by atoms with Crippen LogP contribution >= 0.6 is 15.9 Å². The molecule has 2 aliphatic rings. The Kier molecular flexibility index (Phi) is 4.81. The fraction of sp³-hybridized carbons (Fsp3) is 0.471. The maximum atomic E-state index is 13.1. The number of fused-ring (bicyclic) bond motifs is 1. The molecule has 1 amide bonds. The molecule has 2 aromatic rings. The molecule has 0 radical (unpaired) electrons. The van der Waals surface area contributed by atoms with Crippen molar-refractivity contribution < 1.29 is 13.2 Å². The summed E-state index contributed by atoms with van der Waals surface area (Å²) in [6, 6.07) is 4.26. The number of aromatic nitrogens is 3. The van der Waals surface area contributed by atoms with Gasteiger partial charge in [0.05, 0.1) is 10.5 Å². The van der Waals surface area contributed by atoms with Crippen LogP contribution in [0.25, 0.3) is 0 Å². The number of carbonyl (C=O) groups excluding carboxylic acids is 1. The van der Waals surface area contributed by atoms with Crippen molar-refractivity contribution in [1.82, 2.24) is 19.7 Å². The summed E-state index contributed by atoms with van der Waals surface area (Å²) in [6.45, 7) is 2.11. The summed E-state index contributed by atoms with van der Waals surface area (Å²) in [5.74, 6) is 1.91. The molecule has 1 aromatic heterocycles. The molecule has 1 aromatic carbocycles. The van der Waals surface area contributed by atoms with Crippen LogP contribution in [-0.4, -0.2) is 47.1 Å². The van der Waals surface area contributed by atoms with Crippen LogP contribution in [0.4, 0.5) is 0 Å². The van der Waals surface area contributed by atoms with Gasteiger partial charge in [0.1, 0.15) is 11.6 Å². The summed E-state index contributed by atoms with van der Waals surface area (Å²) in [4.78, 5) is 14.8. The van der Waals surface area contributed by atoms with Gasteiger partial charge in [0.25, 0.3) is 5.91 Å². The van der Waals surface area contributed by atoms with Crippen molar-refractivity contribution in [3.63, 3.8) is 0 Å². The quantitative estimate of drug-likeness (QED) is 0.758. The molecule has 0 bridgehead atoms. The summed E-state index contributed by atoms with van der Waals surface area (Å²) in [5.41, 5.74) is 0.300. The van der Waals surface area contributed by atoms with Crippen LogP contribution in [0, 0.1) is 0 Å². The van der Waals surface area contributed by atoms with Gasteiger partial charge in [0.2, 0.25) is 10.0 Å². The van der Waals surface area contributed by atoms with Crippen molar-refractivity contribution in [2.24, 2.45) is 5.14 Å². The topological polar surface area (TPSA) is 111 Å². The number of aryl methyl sites for hydroxylation is 1. The molecular weight excluding hydrogens is 434 g/mol. The number of sulfonamides is 1. The molecule has 1 atom stereocenters. The number of hydrogen-bond acceptors (Lipinski definition) is 5. The van der Waals surface area contributed by atoms with Gasteiger partial charge in [-0.1, -0.05) is 0 Å². The molecule has 1 fully saturated rings. The maximum Gasteiger partial charge on any atom is 0.255 e. The van der Waals surface area contributed by atoms with Gasteiger partial charge in [-0.05, 0) is 53.4 Å². The minimum atomic E-state index is -3.87. The number of nitrogens with zero attached hydrogens (tertiary/aromatic N) is 4. The molecule has 0 spiro atoms. The second-order valence-corrected chi connectivity index (χ2v) is 9.42. The number of benzene rings is 1. The van der Waals surface area contributed by atoms with Gasteiger partial charge in [0.15, 0.2) is 0 Å². The van der Waals surface area contributed by atoms with Crippen molar-refractivity contribution in [3.8, 4) is 0 Å². The van der Waals surface area contributed by atoms with Crippen LogP contribution < -0.4 is 5.14 Å². The zero-order chi connectivity index (χ0) is 19.2. The second-order valence-electron chi connectivity index (χ2n) is 7.01. The third kappa shape index (κ3) is 3.53. The van der Waals surface area contributed by atoms with Gasteiger partial charge in [0, 0.05) is 36.4 Å². The molecule has 2 N–H and O–H groups in total. The minimum absolute atomic E-state index is 0.0714. The van der Waals surface area contributed by atoms with E-state index in [4.69, 9.17) is 5.14 Å². The number of hydrogen-bond donors (Lipinski definition) is 1. The average molecular weight is 454 g/mol. The van der Waals surface area contributed by atoms with E-state index in [2.05, 4.69) is 30.7 Å². The zero-order valence-corrected chi connectivity index (χ0v) is 17.0. The lowest BCUT2D eigenvalue weighted by atomic mass is 9.96. The highest BCUT2D eigenvalue weighted by Gasteiger charge is 2.31. The minimum Gasteiger partial charge on any atom is -0.338 e. The summed E-state index contributed by atoms with van der Waals surface area (Å²) >= 11 is 3.35. The number of likely N-dealkylation sites (tertiary alicyclic amines) is 1. The van der Waals surface area contributed by atoms with Gasteiger partial charge < -0.3 is 9.47 Å². The Balaban J connectivity index is 1.59. The molecule has 8 nitrogen and oxygen atoms in total. The second kappa shape index (κ2) is 6.99. The van der Waals surface area contributed by atoms with E-state index >= 15 is 0 Å². The summed E-state index contributed by atoms with van der Waals surface area (Å²) in [6.07, 6.45) is 3.86. The highest BCUT2D eigenvalue weighted by Crippen LogP contribution is 2.30. The standard InChI is InChI=1S/C17H20BrN5O3S/c18-14-6-5-12(27(19,25)26)9-13(14)17(24)22-7-1-3-11(10-22)16-21-20-15-4-2-8-23(15)16/h5-6,9,11H,1-4,7-8,10H2,(H2,19,25,26). The van der Waals surface area contributed by atoms with E-state index in [1.54, 1.807) is 11.0 Å². The monoisotopic (exact) mass is 453 g/mol. The Morgan fingerprint density at radius 3 is 2.81 bits per heavy atom. The van der Waals surface area contributed by atoms with Crippen LogP contribution in [0.3, 0.4) is 0 Å². The van der Waals surface area contributed by atoms with Crippen LogP contribution in [0.5, 0.6) is 0 Å². The van der Waals surface area contributed by atoms with E-state index < -0.39 is 10.0 Å². The van der Waals surface area contributed by atoms with E-state index in [1.165, 1.54) is 12.1 Å². The number of carbonyl (C=O) groups is 1. The molecule has 10 heteroatoms. The van der Waals surface area contributed by atoms with Crippen molar-refractivity contribution >= 4 is 31.9 Å². The molecule has 2 aliphatic heterocycles. The number of primary sulfonamides is 1.